The summed E-state index contributed by atoms with van der Waals surface area (Å²) in [6, 6.07) is 8.93. The van der Waals surface area contributed by atoms with Crippen molar-refractivity contribution in [2.24, 2.45) is 0 Å². The Morgan fingerprint density at radius 3 is 2.30 bits per heavy atom. The number of amides is 1. The van der Waals surface area contributed by atoms with Crippen molar-refractivity contribution in [1.29, 1.82) is 5.41 Å². The van der Waals surface area contributed by atoms with Gasteiger partial charge in [-0.3, -0.25) is 10.2 Å². The van der Waals surface area contributed by atoms with Crippen molar-refractivity contribution in [3.05, 3.63) is 65.0 Å². The molecule has 1 amide bonds. The number of benzene rings is 2. The lowest BCUT2D eigenvalue weighted by Gasteiger charge is -2.10. The number of carbonyl (C=O) groups excluding carboxylic acids is 1. The molecule has 7 heteroatoms. The maximum absolute atomic E-state index is 12.8. The molecule has 23 heavy (non-hydrogen) atoms. The molecule has 0 spiro atoms. The van der Waals surface area contributed by atoms with E-state index in [2.05, 4.69) is 5.32 Å². The normalized spacial score (nSPS) is 10.0. The molecular weight excluding hydrogens is 303 g/mol. The lowest BCUT2D eigenvalue weighted by Crippen LogP contribution is -2.30. The summed E-state index contributed by atoms with van der Waals surface area (Å²) in [6.07, 6.45) is 0. The number of carboxylic acid groups (broad SMARTS) is 1. The molecule has 0 heterocycles. The summed E-state index contributed by atoms with van der Waals surface area (Å²) in [5.74, 6) is -2.40. The van der Waals surface area contributed by atoms with Gasteiger partial charge in [-0.15, -0.1) is 0 Å². The first-order valence-electron chi connectivity index (χ1n) is 6.49. The van der Waals surface area contributed by atoms with Crippen molar-refractivity contribution in [3.8, 4) is 5.75 Å². The highest BCUT2D eigenvalue weighted by molar-refractivity contribution is 6.12. The molecular formula is C16H13FN2O4. The first-order valence-corrected chi connectivity index (χ1v) is 6.49. The number of halogens is 1. The van der Waals surface area contributed by atoms with Gasteiger partial charge in [0, 0.05) is 11.1 Å². The Kier molecular flexibility index (Phi) is 4.70. The Balaban J connectivity index is 2.20. The second-order valence-electron chi connectivity index (χ2n) is 4.56. The van der Waals surface area contributed by atoms with Crippen LogP contribution in [0.25, 0.3) is 0 Å². The van der Waals surface area contributed by atoms with Crippen molar-refractivity contribution in [3.63, 3.8) is 0 Å². The average molecular weight is 316 g/mol. The number of rotatable bonds is 4. The topological polar surface area (TPSA) is 99.5 Å². The molecule has 3 N–H and O–H groups in total. The van der Waals surface area contributed by atoms with E-state index >= 15 is 0 Å². The third-order valence-corrected chi connectivity index (χ3v) is 3.06. The standard InChI is InChI=1S/C16H13FN2O4/c1-23-13-7-4-10(8-12(13)16(21)22)14(18)19-15(20)9-2-5-11(17)6-3-9/h2-8H,1H3,(H,21,22)(H2,18,19,20). The lowest BCUT2D eigenvalue weighted by molar-refractivity contribution is 0.0693. The number of hydrogen-bond acceptors (Lipinski definition) is 4. The fourth-order valence-electron chi connectivity index (χ4n) is 1.89. The van der Waals surface area contributed by atoms with Gasteiger partial charge in [0.15, 0.2) is 0 Å². The van der Waals surface area contributed by atoms with Crippen LogP contribution >= 0.6 is 0 Å². The quantitative estimate of drug-likeness (QED) is 0.595. The van der Waals surface area contributed by atoms with Gasteiger partial charge in [-0.1, -0.05) is 0 Å². The second-order valence-corrected chi connectivity index (χ2v) is 4.56. The average Bonchev–Trinajstić information content (AvgIpc) is 2.54. The van der Waals surface area contributed by atoms with E-state index in [1.54, 1.807) is 0 Å². The van der Waals surface area contributed by atoms with Crippen LogP contribution in [-0.2, 0) is 0 Å². The van der Waals surface area contributed by atoms with Crippen LogP contribution in [0.4, 0.5) is 4.39 Å². The highest BCUT2D eigenvalue weighted by Crippen LogP contribution is 2.20. The van der Waals surface area contributed by atoms with Crippen LogP contribution in [0, 0.1) is 11.2 Å². The van der Waals surface area contributed by atoms with Gasteiger partial charge in [-0.05, 0) is 42.5 Å². The van der Waals surface area contributed by atoms with Crippen molar-refractivity contribution in [2.45, 2.75) is 0 Å². The number of amidine groups is 1. The third-order valence-electron chi connectivity index (χ3n) is 3.06. The van der Waals surface area contributed by atoms with Gasteiger partial charge in [0.25, 0.3) is 5.91 Å². The predicted octanol–water partition coefficient (Wildman–Crippen LogP) is 2.29. The molecule has 2 rings (SSSR count). The summed E-state index contributed by atoms with van der Waals surface area (Å²) in [4.78, 5) is 23.1. The Morgan fingerprint density at radius 1 is 1.13 bits per heavy atom. The zero-order chi connectivity index (χ0) is 17.0. The lowest BCUT2D eigenvalue weighted by atomic mass is 10.1. The third kappa shape index (κ3) is 3.70. The maximum Gasteiger partial charge on any atom is 0.339 e. The molecule has 0 aliphatic rings. The van der Waals surface area contributed by atoms with E-state index < -0.39 is 17.7 Å². The zero-order valence-corrected chi connectivity index (χ0v) is 12.1. The SMILES string of the molecule is COc1ccc(C(=N)NC(=O)c2ccc(F)cc2)cc1C(=O)O. The Labute approximate surface area is 131 Å². The first-order chi connectivity index (χ1) is 10.9. The monoisotopic (exact) mass is 316 g/mol. The van der Waals surface area contributed by atoms with Crippen molar-refractivity contribution in [1.82, 2.24) is 5.32 Å². The molecule has 0 aliphatic heterocycles. The van der Waals surface area contributed by atoms with Crippen molar-refractivity contribution < 1.29 is 23.8 Å². The molecule has 0 fully saturated rings. The smallest absolute Gasteiger partial charge is 0.339 e. The zero-order valence-electron chi connectivity index (χ0n) is 12.1. The minimum atomic E-state index is -1.21. The minimum absolute atomic E-state index is 0.120. The van der Waals surface area contributed by atoms with E-state index in [0.29, 0.717) is 0 Å². The highest BCUT2D eigenvalue weighted by atomic mass is 19.1. The van der Waals surface area contributed by atoms with Crippen LogP contribution in [0.1, 0.15) is 26.3 Å². The van der Waals surface area contributed by atoms with Crippen LogP contribution in [0.15, 0.2) is 42.5 Å². The molecule has 0 saturated carbocycles. The van der Waals surface area contributed by atoms with Gasteiger partial charge in [0.2, 0.25) is 0 Å². The molecule has 6 nitrogen and oxygen atoms in total. The van der Waals surface area contributed by atoms with Crippen LogP contribution in [0.3, 0.4) is 0 Å². The van der Waals surface area contributed by atoms with Gasteiger partial charge in [0.05, 0.1) is 7.11 Å². The molecule has 2 aromatic carbocycles. The number of hydrogen-bond donors (Lipinski definition) is 3. The van der Waals surface area contributed by atoms with Crippen molar-refractivity contribution >= 4 is 17.7 Å². The van der Waals surface area contributed by atoms with Gasteiger partial charge >= 0.3 is 5.97 Å². The molecule has 118 valence electrons. The summed E-state index contributed by atoms with van der Waals surface area (Å²) in [5.41, 5.74) is 0.271. The van der Waals surface area contributed by atoms with Crippen LogP contribution in [-0.4, -0.2) is 29.9 Å². The molecule has 0 radical (unpaired) electrons. The van der Waals surface area contributed by atoms with Gasteiger partial charge < -0.3 is 15.2 Å². The van der Waals surface area contributed by atoms with E-state index in [9.17, 15) is 14.0 Å². The van der Waals surface area contributed by atoms with E-state index in [-0.39, 0.29) is 28.3 Å². The number of aromatic carboxylic acids is 1. The van der Waals surface area contributed by atoms with E-state index in [1.807, 2.05) is 0 Å². The van der Waals surface area contributed by atoms with Crippen LogP contribution in [0.5, 0.6) is 5.75 Å². The largest absolute Gasteiger partial charge is 0.496 e. The molecule has 0 aromatic heterocycles. The number of methoxy groups -OCH3 is 1. The summed E-state index contributed by atoms with van der Waals surface area (Å²) in [5, 5.41) is 19.3. The Morgan fingerprint density at radius 2 is 1.74 bits per heavy atom. The van der Waals surface area contributed by atoms with Crippen LogP contribution < -0.4 is 10.1 Å². The molecule has 2 aromatic rings. The summed E-state index contributed by atoms with van der Waals surface area (Å²) in [7, 11) is 1.34. The maximum atomic E-state index is 12.8. The number of ether oxygens (including phenoxy) is 1. The fraction of sp³-hybridized carbons (Fsp3) is 0.0625. The molecule has 0 saturated heterocycles. The molecule has 0 unspecified atom stereocenters. The second kappa shape index (κ2) is 6.69. The Bertz CT molecular complexity index is 772. The van der Waals surface area contributed by atoms with Gasteiger partial charge in [0.1, 0.15) is 23.0 Å². The number of carbonyl (C=O) groups is 2. The summed E-state index contributed by atoms with van der Waals surface area (Å²) < 4.78 is 17.8. The highest BCUT2D eigenvalue weighted by Gasteiger charge is 2.15. The first kappa shape index (κ1) is 16.2. The van der Waals surface area contributed by atoms with Crippen LogP contribution in [0.2, 0.25) is 0 Å². The van der Waals surface area contributed by atoms with E-state index in [4.69, 9.17) is 15.3 Å². The molecule has 0 bridgehead atoms. The number of nitrogens with one attached hydrogen (secondary N) is 2. The van der Waals surface area contributed by atoms with E-state index in [1.165, 1.54) is 37.4 Å². The molecule has 0 aliphatic carbocycles. The minimum Gasteiger partial charge on any atom is -0.496 e. The summed E-state index contributed by atoms with van der Waals surface area (Å²) >= 11 is 0. The van der Waals surface area contributed by atoms with E-state index in [0.717, 1.165) is 12.1 Å². The van der Waals surface area contributed by atoms with Crippen molar-refractivity contribution in [2.75, 3.05) is 7.11 Å². The van der Waals surface area contributed by atoms with Gasteiger partial charge in [-0.25, -0.2) is 9.18 Å². The van der Waals surface area contributed by atoms with Gasteiger partial charge in [-0.2, -0.15) is 0 Å². The fourth-order valence-corrected chi connectivity index (χ4v) is 1.89. The summed E-state index contributed by atoms with van der Waals surface area (Å²) in [6.45, 7) is 0. The Hall–Kier alpha value is -3.22. The predicted molar refractivity (Wildman–Crippen MR) is 80.6 cm³/mol. The number of carboxylic acids is 1. The molecule has 0 atom stereocenters.